The minimum Gasteiger partial charge on any atom is -0.475 e. The van der Waals surface area contributed by atoms with Crippen molar-refractivity contribution in [1.29, 1.82) is 0 Å². The highest BCUT2D eigenvalue weighted by Crippen LogP contribution is 2.25. The molecule has 0 saturated carbocycles. The minimum absolute atomic E-state index is 0.0401. The number of imidazole rings is 1. The van der Waals surface area contributed by atoms with Gasteiger partial charge < -0.3 is 5.11 Å². The van der Waals surface area contributed by atoms with Crippen LogP contribution in [0.4, 0.5) is 0 Å². The van der Waals surface area contributed by atoms with E-state index < -0.39 is 0 Å². The molecule has 0 aromatic carbocycles. The first-order chi connectivity index (χ1) is 6.49. The summed E-state index contributed by atoms with van der Waals surface area (Å²) in [5.41, 5.74) is 0.0401. The van der Waals surface area contributed by atoms with E-state index in [1.807, 2.05) is 23.9 Å². The third-order valence-electron chi connectivity index (χ3n) is 2.48. The summed E-state index contributed by atoms with van der Waals surface area (Å²) in [6.45, 7) is 4.26. The summed E-state index contributed by atoms with van der Waals surface area (Å²) in [6.07, 6.45) is 9.83. The van der Waals surface area contributed by atoms with E-state index in [-0.39, 0.29) is 11.3 Å². The molecule has 0 unspecified atom stereocenters. The SMILES string of the molecule is C[n+]1cc(O)n2c1C=CC(C)(C)C=C2. The van der Waals surface area contributed by atoms with Crippen molar-refractivity contribution in [2.75, 3.05) is 0 Å². The summed E-state index contributed by atoms with van der Waals surface area (Å²) in [4.78, 5) is 0. The number of rotatable bonds is 0. The molecule has 0 amide bonds. The van der Waals surface area contributed by atoms with Crippen molar-refractivity contribution < 1.29 is 9.67 Å². The second kappa shape index (κ2) is 2.74. The summed E-state index contributed by atoms with van der Waals surface area (Å²) in [5.74, 6) is 1.24. The molecule has 3 nitrogen and oxygen atoms in total. The van der Waals surface area contributed by atoms with Gasteiger partial charge in [0.2, 0.25) is 0 Å². The first-order valence-corrected chi connectivity index (χ1v) is 4.68. The van der Waals surface area contributed by atoms with E-state index in [0.717, 1.165) is 5.82 Å². The molecule has 2 heterocycles. The molecule has 0 bridgehead atoms. The predicted molar refractivity (Wildman–Crippen MR) is 55.4 cm³/mol. The van der Waals surface area contributed by atoms with Gasteiger partial charge in [0.05, 0.1) is 13.2 Å². The fraction of sp³-hybridized carbons (Fsp3) is 0.364. The number of aryl methyl sites for hydroxylation is 1. The van der Waals surface area contributed by atoms with Crippen LogP contribution in [0.25, 0.3) is 12.3 Å². The standard InChI is InChI=1S/C11H14N2O/c1-11(2)5-4-9-12(3)8-10(14)13(9)7-6-11/h4-8H,1-3H3/p+1. The highest BCUT2D eigenvalue weighted by Gasteiger charge is 2.21. The van der Waals surface area contributed by atoms with E-state index >= 15 is 0 Å². The van der Waals surface area contributed by atoms with Gasteiger partial charge in [-0.1, -0.05) is 19.9 Å². The Morgan fingerprint density at radius 1 is 1.36 bits per heavy atom. The molecule has 14 heavy (non-hydrogen) atoms. The summed E-state index contributed by atoms with van der Waals surface area (Å²) in [7, 11) is 1.92. The van der Waals surface area contributed by atoms with E-state index in [9.17, 15) is 5.11 Å². The average molecular weight is 191 g/mol. The van der Waals surface area contributed by atoms with E-state index in [1.165, 1.54) is 0 Å². The van der Waals surface area contributed by atoms with Gasteiger partial charge in [0.1, 0.15) is 0 Å². The van der Waals surface area contributed by atoms with Crippen LogP contribution in [0.15, 0.2) is 18.3 Å². The first-order valence-electron chi connectivity index (χ1n) is 4.68. The second-order valence-electron chi connectivity index (χ2n) is 4.30. The maximum Gasteiger partial charge on any atom is 0.327 e. The molecule has 0 aliphatic carbocycles. The second-order valence-corrected chi connectivity index (χ2v) is 4.30. The first kappa shape index (κ1) is 9.06. The summed E-state index contributed by atoms with van der Waals surface area (Å²) >= 11 is 0. The van der Waals surface area contributed by atoms with Crippen LogP contribution in [0.1, 0.15) is 19.7 Å². The summed E-state index contributed by atoms with van der Waals surface area (Å²) in [6, 6.07) is 0. The Balaban J connectivity index is 2.61. The van der Waals surface area contributed by atoms with Gasteiger partial charge in [-0.2, -0.15) is 4.57 Å². The number of fused-ring (bicyclic) bond motifs is 1. The topological polar surface area (TPSA) is 29.0 Å². The van der Waals surface area contributed by atoms with Crippen LogP contribution in [0.5, 0.6) is 5.88 Å². The van der Waals surface area contributed by atoms with Crippen LogP contribution in [-0.4, -0.2) is 9.67 Å². The zero-order chi connectivity index (χ0) is 10.3. The van der Waals surface area contributed by atoms with Gasteiger partial charge in [-0.05, 0) is 6.08 Å². The van der Waals surface area contributed by atoms with Crippen molar-refractivity contribution in [1.82, 2.24) is 4.57 Å². The summed E-state index contributed by atoms with van der Waals surface area (Å²) < 4.78 is 3.67. The zero-order valence-corrected chi connectivity index (χ0v) is 8.73. The number of allylic oxidation sites excluding steroid dienone is 2. The average Bonchev–Trinajstić information content (AvgIpc) is 2.26. The Bertz CT molecular complexity index is 388. The Labute approximate surface area is 83.6 Å². The van der Waals surface area contributed by atoms with E-state index in [4.69, 9.17) is 0 Å². The van der Waals surface area contributed by atoms with Gasteiger partial charge >= 0.3 is 5.88 Å². The monoisotopic (exact) mass is 191 g/mol. The normalized spacial score (nSPS) is 17.9. The molecule has 1 aliphatic rings. The van der Waals surface area contributed by atoms with E-state index in [0.29, 0.717) is 0 Å². The maximum atomic E-state index is 9.63. The Kier molecular flexibility index (Phi) is 1.77. The van der Waals surface area contributed by atoms with Gasteiger partial charge in [0, 0.05) is 11.5 Å². The lowest BCUT2D eigenvalue weighted by Gasteiger charge is -2.10. The number of hydrogen-bond acceptors (Lipinski definition) is 1. The third-order valence-corrected chi connectivity index (χ3v) is 2.48. The van der Waals surface area contributed by atoms with E-state index in [2.05, 4.69) is 26.0 Å². The van der Waals surface area contributed by atoms with Crippen molar-refractivity contribution in [2.24, 2.45) is 12.5 Å². The maximum absolute atomic E-state index is 9.63. The fourth-order valence-electron chi connectivity index (χ4n) is 1.55. The summed E-state index contributed by atoms with van der Waals surface area (Å²) in [5, 5.41) is 9.63. The lowest BCUT2D eigenvalue weighted by molar-refractivity contribution is -0.672. The molecular formula is C11H15N2O+. The van der Waals surface area contributed by atoms with Crippen molar-refractivity contribution in [3.05, 3.63) is 24.2 Å². The Morgan fingerprint density at radius 3 is 2.79 bits per heavy atom. The lowest BCUT2D eigenvalue weighted by atomic mass is 9.93. The van der Waals surface area contributed by atoms with Crippen molar-refractivity contribution in [3.8, 4) is 5.88 Å². The fourth-order valence-corrected chi connectivity index (χ4v) is 1.55. The molecule has 0 radical (unpaired) electrons. The van der Waals surface area contributed by atoms with Crippen LogP contribution in [-0.2, 0) is 7.05 Å². The third kappa shape index (κ3) is 1.35. The molecule has 3 heteroatoms. The van der Waals surface area contributed by atoms with Crippen molar-refractivity contribution in [3.63, 3.8) is 0 Å². The van der Waals surface area contributed by atoms with Crippen LogP contribution in [0.2, 0.25) is 0 Å². The Hall–Kier alpha value is -1.51. The van der Waals surface area contributed by atoms with Gasteiger partial charge in [-0.15, -0.1) is 0 Å². The quantitative estimate of drug-likeness (QED) is 0.619. The molecule has 0 saturated heterocycles. The molecular weight excluding hydrogens is 176 g/mol. The highest BCUT2D eigenvalue weighted by molar-refractivity contribution is 5.50. The molecule has 1 N–H and O–H groups in total. The molecule has 1 aromatic rings. The van der Waals surface area contributed by atoms with Crippen LogP contribution < -0.4 is 4.57 Å². The largest absolute Gasteiger partial charge is 0.475 e. The highest BCUT2D eigenvalue weighted by atomic mass is 16.3. The van der Waals surface area contributed by atoms with Crippen LogP contribution >= 0.6 is 0 Å². The van der Waals surface area contributed by atoms with Gasteiger partial charge in [0.25, 0.3) is 5.82 Å². The Morgan fingerprint density at radius 2 is 2.07 bits per heavy atom. The number of nitrogens with zero attached hydrogens (tertiary/aromatic N) is 2. The van der Waals surface area contributed by atoms with Crippen molar-refractivity contribution >= 4 is 12.3 Å². The van der Waals surface area contributed by atoms with Gasteiger partial charge in [-0.25, -0.2) is 4.57 Å². The minimum atomic E-state index is 0.0401. The lowest BCUT2D eigenvalue weighted by Crippen LogP contribution is -2.29. The number of aromatic hydroxyl groups is 1. The molecule has 0 fully saturated rings. The van der Waals surface area contributed by atoms with Crippen LogP contribution in [0, 0.1) is 5.41 Å². The van der Waals surface area contributed by atoms with Gasteiger partial charge in [0.15, 0.2) is 6.20 Å². The molecule has 0 atom stereocenters. The molecule has 1 aliphatic heterocycles. The molecule has 74 valence electrons. The number of aromatic nitrogens is 2. The number of hydrogen-bond donors (Lipinski definition) is 1. The zero-order valence-electron chi connectivity index (χ0n) is 8.73. The van der Waals surface area contributed by atoms with Crippen molar-refractivity contribution in [2.45, 2.75) is 13.8 Å². The van der Waals surface area contributed by atoms with Crippen LogP contribution in [0.3, 0.4) is 0 Å². The molecule has 0 spiro atoms. The van der Waals surface area contributed by atoms with E-state index in [1.54, 1.807) is 10.8 Å². The predicted octanol–water partition coefficient (Wildman–Crippen LogP) is 1.54. The smallest absolute Gasteiger partial charge is 0.327 e. The molecule has 1 aromatic heterocycles. The molecule has 2 rings (SSSR count). The van der Waals surface area contributed by atoms with Gasteiger partial charge in [-0.3, -0.25) is 0 Å².